The molecule has 0 unspecified atom stereocenters. The fraction of sp³-hybridized carbons (Fsp3) is 0.222. The van der Waals surface area contributed by atoms with Crippen LogP contribution in [0.4, 0.5) is 0 Å². The summed E-state index contributed by atoms with van der Waals surface area (Å²) in [6, 6.07) is 16.2. The van der Waals surface area contributed by atoms with Gasteiger partial charge in [-0.3, -0.25) is 0 Å². The molecule has 0 spiro atoms. The van der Waals surface area contributed by atoms with Crippen molar-refractivity contribution in [3.05, 3.63) is 42.5 Å². The highest BCUT2D eigenvalue weighted by atomic mass is 16.7. The van der Waals surface area contributed by atoms with Crippen LogP contribution < -0.4 is 9.47 Å². The highest BCUT2D eigenvalue weighted by Crippen LogP contribution is 2.37. The van der Waals surface area contributed by atoms with Crippen LogP contribution in [0.1, 0.15) is 12.8 Å². The Bertz CT molecular complexity index is 894. The fourth-order valence-electron chi connectivity index (χ4n) is 2.86. The lowest BCUT2D eigenvalue weighted by Gasteiger charge is -2.08. The van der Waals surface area contributed by atoms with E-state index >= 15 is 0 Å². The fourth-order valence-corrected chi connectivity index (χ4v) is 2.86. The molecule has 0 amide bonds. The summed E-state index contributed by atoms with van der Waals surface area (Å²) in [6.07, 6.45) is 1.31. The van der Waals surface area contributed by atoms with Gasteiger partial charge in [0, 0.05) is 30.7 Å². The molecular weight excluding hydrogens is 290 g/mol. The Kier molecular flexibility index (Phi) is 3.35. The predicted octanol–water partition coefficient (Wildman–Crippen LogP) is 3.74. The van der Waals surface area contributed by atoms with Crippen molar-refractivity contribution in [3.63, 3.8) is 0 Å². The summed E-state index contributed by atoms with van der Waals surface area (Å²) in [4.78, 5) is 4.78. The van der Waals surface area contributed by atoms with Gasteiger partial charge in [-0.05, 0) is 6.42 Å². The number of nitriles is 1. The Morgan fingerprint density at radius 3 is 2.70 bits per heavy atom. The number of aromatic nitrogens is 2. The quantitative estimate of drug-likeness (QED) is 0.689. The van der Waals surface area contributed by atoms with E-state index in [9.17, 15) is 0 Å². The third-order valence-electron chi connectivity index (χ3n) is 3.94. The van der Waals surface area contributed by atoms with Gasteiger partial charge in [-0.25, -0.2) is 4.98 Å². The first-order valence-electron chi connectivity index (χ1n) is 7.59. The predicted molar refractivity (Wildman–Crippen MR) is 86.1 cm³/mol. The first-order valence-corrected chi connectivity index (χ1v) is 7.59. The van der Waals surface area contributed by atoms with Gasteiger partial charge in [0.1, 0.15) is 5.82 Å². The lowest BCUT2D eigenvalue weighted by atomic mass is 10.2. The third kappa shape index (κ3) is 2.38. The zero-order valence-electron chi connectivity index (χ0n) is 12.5. The molecule has 0 N–H and O–H groups in total. The summed E-state index contributed by atoms with van der Waals surface area (Å²) in [5, 5.41) is 8.81. The minimum Gasteiger partial charge on any atom is -0.454 e. The van der Waals surface area contributed by atoms with E-state index in [2.05, 4.69) is 10.6 Å². The zero-order chi connectivity index (χ0) is 15.6. The second-order valence-corrected chi connectivity index (χ2v) is 5.41. The zero-order valence-corrected chi connectivity index (χ0v) is 12.5. The number of nitrogens with zero attached hydrogens (tertiary/aromatic N) is 3. The summed E-state index contributed by atoms with van der Waals surface area (Å²) in [7, 11) is 0. The van der Waals surface area contributed by atoms with E-state index in [1.54, 1.807) is 0 Å². The first-order chi connectivity index (χ1) is 11.4. The number of benzene rings is 2. The Hall–Kier alpha value is -3.00. The largest absolute Gasteiger partial charge is 0.454 e. The highest BCUT2D eigenvalue weighted by molar-refractivity contribution is 5.84. The topological polar surface area (TPSA) is 60.1 Å². The molecule has 0 aliphatic carbocycles. The summed E-state index contributed by atoms with van der Waals surface area (Å²) >= 11 is 0. The van der Waals surface area contributed by atoms with E-state index in [0.29, 0.717) is 6.42 Å². The van der Waals surface area contributed by atoms with E-state index in [4.69, 9.17) is 19.7 Å². The Balaban J connectivity index is 1.87. The molecule has 0 saturated heterocycles. The van der Waals surface area contributed by atoms with Crippen LogP contribution in [-0.4, -0.2) is 16.3 Å². The molecule has 1 aliphatic heterocycles. The standard InChI is InChI=1S/C18H15N3O2/c19-8-4-5-9-21-15-11-17-16(22-12-23-17)10-14(15)20-18(21)13-6-2-1-3-7-13/h1-3,6-7,10-11H,4-5,9,12H2. The number of hydrogen-bond donors (Lipinski definition) is 0. The molecular formula is C18H15N3O2. The first kappa shape index (κ1) is 13.6. The van der Waals surface area contributed by atoms with Crippen LogP contribution in [0.5, 0.6) is 11.5 Å². The van der Waals surface area contributed by atoms with Gasteiger partial charge in [0.25, 0.3) is 0 Å². The molecule has 114 valence electrons. The van der Waals surface area contributed by atoms with Crippen LogP contribution in [-0.2, 0) is 6.54 Å². The molecule has 23 heavy (non-hydrogen) atoms. The molecule has 3 aromatic rings. The van der Waals surface area contributed by atoms with E-state index in [0.717, 1.165) is 46.9 Å². The number of aryl methyl sites for hydroxylation is 1. The monoisotopic (exact) mass is 305 g/mol. The SMILES string of the molecule is N#CCCCn1c(-c2ccccc2)nc2cc3c(cc21)OCO3. The molecule has 0 saturated carbocycles. The normalized spacial score (nSPS) is 12.5. The summed E-state index contributed by atoms with van der Waals surface area (Å²) in [5.74, 6) is 2.39. The third-order valence-corrected chi connectivity index (χ3v) is 3.94. The van der Waals surface area contributed by atoms with E-state index in [1.807, 2.05) is 42.5 Å². The van der Waals surface area contributed by atoms with Crippen molar-refractivity contribution in [1.82, 2.24) is 9.55 Å². The number of fused-ring (bicyclic) bond motifs is 2. The van der Waals surface area contributed by atoms with Crippen molar-refractivity contribution in [1.29, 1.82) is 5.26 Å². The number of rotatable bonds is 4. The van der Waals surface area contributed by atoms with Gasteiger partial charge in [0.2, 0.25) is 6.79 Å². The van der Waals surface area contributed by atoms with Gasteiger partial charge < -0.3 is 14.0 Å². The Morgan fingerprint density at radius 1 is 1.13 bits per heavy atom. The molecule has 0 radical (unpaired) electrons. The van der Waals surface area contributed by atoms with Gasteiger partial charge in [-0.2, -0.15) is 5.26 Å². The van der Waals surface area contributed by atoms with Crippen molar-refractivity contribution in [2.75, 3.05) is 6.79 Å². The minimum absolute atomic E-state index is 0.252. The maximum atomic E-state index is 8.81. The Morgan fingerprint density at radius 2 is 1.91 bits per heavy atom. The molecule has 2 aromatic carbocycles. The maximum Gasteiger partial charge on any atom is 0.231 e. The van der Waals surface area contributed by atoms with Crippen molar-refractivity contribution in [3.8, 4) is 29.0 Å². The van der Waals surface area contributed by atoms with Crippen molar-refractivity contribution < 1.29 is 9.47 Å². The van der Waals surface area contributed by atoms with Crippen LogP contribution in [0.25, 0.3) is 22.4 Å². The summed E-state index contributed by atoms with van der Waals surface area (Å²) in [5.41, 5.74) is 2.94. The highest BCUT2D eigenvalue weighted by Gasteiger charge is 2.19. The number of imidazole rings is 1. The van der Waals surface area contributed by atoms with Gasteiger partial charge in [0.15, 0.2) is 11.5 Å². The van der Waals surface area contributed by atoms with Crippen molar-refractivity contribution >= 4 is 11.0 Å². The van der Waals surface area contributed by atoms with Gasteiger partial charge in [0.05, 0.1) is 17.1 Å². The van der Waals surface area contributed by atoms with Crippen molar-refractivity contribution in [2.24, 2.45) is 0 Å². The van der Waals surface area contributed by atoms with E-state index in [-0.39, 0.29) is 6.79 Å². The van der Waals surface area contributed by atoms with E-state index in [1.165, 1.54) is 0 Å². The second kappa shape index (κ2) is 5.65. The van der Waals surface area contributed by atoms with Crippen LogP contribution >= 0.6 is 0 Å². The second-order valence-electron chi connectivity index (χ2n) is 5.41. The molecule has 4 rings (SSSR count). The van der Waals surface area contributed by atoms with Gasteiger partial charge in [-0.1, -0.05) is 30.3 Å². The lowest BCUT2D eigenvalue weighted by Crippen LogP contribution is -2.00. The molecule has 0 fully saturated rings. The molecule has 5 nitrogen and oxygen atoms in total. The van der Waals surface area contributed by atoms with Crippen LogP contribution in [0.15, 0.2) is 42.5 Å². The molecule has 5 heteroatoms. The number of hydrogen-bond acceptors (Lipinski definition) is 4. The van der Waals surface area contributed by atoms with Crippen LogP contribution in [0.2, 0.25) is 0 Å². The average Bonchev–Trinajstić information content (AvgIpc) is 3.18. The summed E-state index contributed by atoms with van der Waals surface area (Å²) < 4.78 is 13.1. The molecule has 2 heterocycles. The van der Waals surface area contributed by atoms with Gasteiger partial charge >= 0.3 is 0 Å². The Labute approximate surface area is 133 Å². The molecule has 0 atom stereocenters. The minimum atomic E-state index is 0.252. The van der Waals surface area contributed by atoms with Crippen LogP contribution in [0.3, 0.4) is 0 Å². The molecule has 1 aromatic heterocycles. The summed E-state index contributed by atoms with van der Waals surface area (Å²) in [6.45, 7) is 0.996. The molecule has 0 bridgehead atoms. The number of ether oxygens (including phenoxy) is 2. The van der Waals surface area contributed by atoms with Crippen LogP contribution in [0, 0.1) is 11.3 Å². The number of unbranched alkanes of at least 4 members (excludes halogenated alkanes) is 1. The van der Waals surface area contributed by atoms with E-state index < -0.39 is 0 Å². The average molecular weight is 305 g/mol. The lowest BCUT2D eigenvalue weighted by molar-refractivity contribution is 0.174. The van der Waals surface area contributed by atoms with Gasteiger partial charge in [-0.15, -0.1) is 0 Å². The van der Waals surface area contributed by atoms with Crippen molar-refractivity contribution in [2.45, 2.75) is 19.4 Å². The molecule has 1 aliphatic rings. The maximum absolute atomic E-state index is 8.81. The smallest absolute Gasteiger partial charge is 0.231 e.